The minimum atomic E-state index is -0.352. The molecule has 2 aromatic carbocycles. The molecular formula is C25H25N3O3S. The minimum Gasteiger partial charge on any atom is -0.510 e. The van der Waals surface area contributed by atoms with Gasteiger partial charge in [0.15, 0.2) is 0 Å². The second-order valence-corrected chi connectivity index (χ2v) is 8.94. The average molecular weight is 448 g/mol. The number of ether oxygens (including phenoxy) is 1. The van der Waals surface area contributed by atoms with Crippen molar-refractivity contribution in [2.24, 2.45) is 0 Å². The highest BCUT2D eigenvalue weighted by Crippen LogP contribution is 2.33. The van der Waals surface area contributed by atoms with E-state index in [1.165, 1.54) is 16.9 Å². The van der Waals surface area contributed by atoms with E-state index in [4.69, 9.17) is 10.1 Å². The molecule has 0 radical (unpaired) electrons. The molecule has 0 aliphatic carbocycles. The van der Waals surface area contributed by atoms with Gasteiger partial charge in [-0.25, -0.2) is 9.78 Å². The van der Waals surface area contributed by atoms with Crippen LogP contribution in [-0.2, 0) is 11.3 Å². The van der Waals surface area contributed by atoms with Gasteiger partial charge in [-0.2, -0.15) is 0 Å². The Balaban J connectivity index is 1.46. The van der Waals surface area contributed by atoms with Crippen LogP contribution in [0.4, 0.5) is 0 Å². The van der Waals surface area contributed by atoms with Gasteiger partial charge in [-0.15, -0.1) is 11.3 Å². The molecule has 4 rings (SSSR count). The highest BCUT2D eigenvalue weighted by atomic mass is 32.1. The maximum absolute atomic E-state index is 12.0. The number of hydrogen-bond donors (Lipinski definition) is 2. The SMILES string of the molecule is Cc1ccc(-c2csc(C3=C(O)CN(Cc4ccc(C(=O)OC(C)C)cc4)C3=N)n2)cc1. The van der Waals surface area contributed by atoms with Crippen LogP contribution in [0, 0.1) is 12.3 Å². The van der Waals surface area contributed by atoms with Crippen molar-refractivity contribution in [3.63, 3.8) is 0 Å². The molecule has 0 unspecified atom stereocenters. The van der Waals surface area contributed by atoms with E-state index in [2.05, 4.69) is 4.98 Å². The van der Waals surface area contributed by atoms with Gasteiger partial charge in [0.1, 0.15) is 16.6 Å². The van der Waals surface area contributed by atoms with E-state index >= 15 is 0 Å². The van der Waals surface area contributed by atoms with E-state index in [-0.39, 0.29) is 30.2 Å². The van der Waals surface area contributed by atoms with Crippen molar-refractivity contribution < 1.29 is 14.6 Å². The molecule has 2 N–H and O–H groups in total. The topological polar surface area (TPSA) is 86.5 Å². The molecule has 1 aliphatic heterocycles. The normalized spacial score (nSPS) is 13.9. The molecule has 32 heavy (non-hydrogen) atoms. The zero-order valence-corrected chi connectivity index (χ0v) is 19.1. The lowest BCUT2D eigenvalue weighted by Crippen LogP contribution is -2.26. The number of carbonyl (C=O) groups excluding carboxylic acids is 1. The number of carbonyl (C=O) groups is 1. The second kappa shape index (κ2) is 8.96. The van der Waals surface area contributed by atoms with Gasteiger partial charge < -0.3 is 14.7 Å². The van der Waals surface area contributed by atoms with Gasteiger partial charge in [-0.05, 0) is 38.5 Å². The fourth-order valence-electron chi connectivity index (χ4n) is 3.49. The summed E-state index contributed by atoms with van der Waals surface area (Å²) in [5.41, 5.74) is 4.93. The van der Waals surface area contributed by atoms with Crippen molar-refractivity contribution in [2.45, 2.75) is 33.4 Å². The summed E-state index contributed by atoms with van der Waals surface area (Å²) in [4.78, 5) is 18.5. The van der Waals surface area contributed by atoms with Gasteiger partial charge in [0, 0.05) is 17.5 Å². The molecule has 7 heteroatoms. The molecule has 0 amide bonds. The lowest BCUT2D eigenvalue weighted by Gasteiger charge is -2.18. The van der Waals surface area contributed by atoms with E-state index in [0.717, 1.165) is 16.8 Å². The van der Waals surface area contributed by atoms with E-state index in [9.17, 15) is 9.90 Å². The third-order valence-corrected chi connectivity index (χ3v) is 6.01. The highest BCUT2D eigenvalue weighted by Gasteiger charge is 2.30. The first-order valence-corrected chi connectivity index (χ1v) is 11.3. The van der Waals surface area contributed by atoms with Crippen molar-refractivity contribution in [1.29, 1.82) is 5.41 Å². The summed E-state index contributed by atoms with van der Waals surface area (Å²) in [6, 6.07) is 15.3. The molecular weight excluding hydrogens is 422 g/mol. The van der Waals surface area contributed by atoms with Gasteiger partial charge in [0.05, 0.1) is 29.5 Å². The van der Waals surface area contributed by atoms with E-state index in [1.54, 1.807) is 17.0 Å². The molecule has 0 spiro atoms. The van der Waals surface area contributed by atoms with Crippen molar-refractivity contribution >= 4 is 28.7 Å². The van der Waals surface area contributed by atoms with Crippen molar-refractivity contribution in [3.8, 4) is 11.3 Å². The second-order valence-electron chi connectivity index (χ2n) is 8.08. The van der Waals surface area contributed by atoms with Gasteiger partial charge >= 0.3 is 5.97 Å². The van der Waals surface area contributed by atoms with Crippen LogP contribution in [-0.4, -0.2) is 39.4 Å². The summed E-state index contributed by atoms with van der Waals surface area (Å²) >= 11 is 1.42. The predicted molar refractivity (Wildman–Crippen MR) is 127 cm³/mol. The Kier molecular flexibility index (Phi) is 6.10. The zero-order valence-electron chi connectivity index (χ0n) is 18.3. The molecule has 0 atom stereocenters. The average Bonchev–Trinajstić information content (AvgIpc) is 3.33. The molecule has 1 aliphatic rings. The number of nitrogens with one attached hydrogen (secondary N) is 1. The maximum atomic E-state index is 12.0. The Morgan fingerprint density at radius 1 is 1.19 bits per heavy atom. The molecule has 164 valence electrons. The number of nitrogens with zero attached hydrogens (tertiary/aromatic N) is 2. The molecule has 6 nitrogen and oxygen atoms in total. The fraction of sp³-hybridized carbons (Fsp3) is 0.240. The van der Waals surface area contributed by atoms with E-state index < -0.39 is 0 Å². The number of esters is 1. The van der Waals surface area contributed by atoms with Crippen LogP contribution in [0.3, 0.4) is 0 Å². The molecule has 0 saturated heterocycles. The largest absolute Gasteiger partial charge is 0.510 e. The number of hydrogen-bond acceptors (Lipinski definition) is 6. The van der Waals surface area contributed by atoms with Crippen molar-refractivity contribution in [2.75, 3.05) is 6.54 Å². The number of rotatable bonds is 6. The summed E-state index contributed by atoms with van der Waals surface area (Å²) in [6.07, 6.45) is -0.169. The Hall–Kier alpha value is -3.45. The quantitative estimate of drug-likeness (QED) is 0.491. The summed E-state index contributed by atoms with van der Waals surface area (Å²) < 4.78 is 5.21. The van der Waals surface area contributed by atoms with Gasteiger partial charge in [-0.3, -0.25) is 5.41 Å². The Labute approximate surface area is 191 Å². The van der Waals surface area contributed by atoms with Gasteiger partial charge in [0.2, 0.25) is 0 Å². The Morgan fingerprint density at radius 3 is 2.53 bits per heavy atom. The van der Waals surface area contributed by atoms with Crippen LogP contribution >= 0.6 is 11.3 Å². The predicted octanol–water partition coefficient (Wildman–Crippen LogP) is 5.45. The molecule has 0 fully saturated rings. The van der Waals surface area contributed by atoms with Crippen LogP contribution in [0.2, 0.25) is 0 Å². The van der Waals surface area contributed by atoms with Crippen LogP contribution < -0.4 is 0 Å². The standard InChI is InChI=1S/C25H25N3O3S/c1-15(2)31-25(30)19-10-6-17(7-11-19)12-28-13-21(29)22(23(28)26)24-27-20(14-32-24)18-8-4-16(3)5-9-18/h4-11,14-15,26,29H,12-13H2,1-3H3. The molecule has 0 bridgehead atoms. The van der Waals surface area contributed by atoms with Gasteiger partial charge in [-0.1, -0.05) is 42.0 Å². The summed E-state index contributed by atoms with van der Waals surface area (Å²) in [6.45, 7) is 6.37. The smallest absolute Gasteiger partial charge is 0.338 e. The third-order valence-electron chi connectivity index (χ3n) is 5.15. The number of amidine groups is 1. The van der Waals surface area contributed by atoms with E-state index in [1.807, 2.05) is 62.5 Å². The lowest BCUT2D eigenvalue weighted by atomic mass is 10.1. The summed E-state index contributed by atoms with van der Waals surface area (Å²) in [5.74, 6) is 0.0442. The molecule has 2 heterocycles. The number of aryl methyl sites for hydroxylation is 1. The molecule has 0 saturated carbocycles. The molecule has 3 aromatic rings. The highest BCUT2D eigenvalue weighted by molar-refractivity contribution is 7.11. The number of aromatic nitrogens is 1. The fourth-order valence-corrected chi connectivity index (χ4v) is 4.38. The maximum Gasteiger partial charge on any atom is 0.338 e. The number of aliphatic hydroxyl groups is 1. The zero-order chi connectivity index (χ0) is 22.8. The van der Waals surface area contributed by atoms with Gasteiger partial charge in [0.25, 0.3) is 0 Å². The number of aliphatic hydroxyl groups excluding tert-OH is 1. The van der Waals surface area contributed by atoms with Crippen LogP contribution in [0.5, 0.6) is 0 Å². The first-order valence-electron chi connectivity index (χ1n) is 10.4. The van der Waals surface area contributed by atoms with Crippen LogP contribution in [0.25, 0.3) is 16.8 Å². The number of benzene rings is 2. The minimum absolute atomic E-state index is 0.150. The number of thiazole rings is 1. The first-order chi connectivity index (χ1) is 15.3. The van der Waals surface area contributed by atoms with Crippen molar-refractivity contribution in [1.82, 2.24) is 9.88 Å². The monoisotopic (exact) mass is 447 g/mol. The first kappa shape index (κ1) is 21.8. The summed E-state index contributed by atoms with van der Waals surface area (Å²) in [5, 5.41) is 21.8. The Bertz CT molecular complexity index is 1180. The van der Waals surface area contributed by atoms with Crippen molar-refractivity contribution in [3.05, 3.63) is 81.4 Å². The third kappa shape index (κ3) is 4.57. The van der Waals surface area contributed by atoms with Crippen LogP contribution in [0.15, 0.2) is 59.7 Å². The summed E-state index contributed by atoms with van der Waals surface area (Å²) in [7, 11) is 0. The molecule has 1 aromatic heterocycles. The van der Waals surface area contributed by atoms with Crippen LogP contribution in [0.1, 0.15) is 40.3 Å². The Morgan fingerprint density at radius 2 is 1.88 bits per heavy atom. The van der Waals surface area contributed by atoms with E-state index in [0.29, 0.717) is 22.7 Å². The lowest BCUT2D eigenvalue weighted by molar-refractivity contribution is 0.0378.